The van der Waals surface area contributed by atoms with Crippen LogP contribution in [0.2, 0.25) is 0 Å². The third-order valence-electron chi connectivity index (χ3n) is 2.96. The smallest absolute Gasteiger partial charge is 0.248 e. The van der Waals surface area contributed by atoms with E-state index in [9.17, 15) is 9.18 Å². The summed E-state index contributed by atoms with van der Waals surface area (Å²) in [5.74, 6) is -0.554. The fourth-order valence-corrected chi connectivity index (χ4v) is 2.22. The van der Waals surface area contributed by atoms with Crippen molar-refractivity contribution in [3.05, 3.63) is 59.9 Å². The number of hydrogen-bond acceptors (Lipinski definition) is 3. The molecule has 0 unspecified atom stereocenters. The van der Waals surface area contributed by atoms with Crippen LogP contribution < -0.4 is 10.1 Å². The van der Waals surface area contributed by atoms with Crippen LogP contribution in [-0.2, 0) is 4.79 Å². The molecule has 1 amide bonds. The van der Waals surface area contributed by atoms with Crippen molar-refractivity contribution in [1.29, 1.82) is 0 Å². The minimum absolute atomic E-state index is 0.176. The van der Waals surface area contributed by atoms with Crippen LogP contribution in [0.5, 0.6) is 5.75 Å². The van der Waals surface area contributed by atoms with E-state index in [-0.39, 0.29) is 11.7 Å². The van der Waals surface area contributed by atoms with Crippen molar-refractivity contribution in [2.24, 2.45) is 0 Å². The molecule has 0 spiro atoms. The van der Waals surface area contributed by atoms with Gasteiger partial charge in [-0.3, -0.25) is 4.79 Å². The molecule has 0 aliphatic heterocycles. The predicted octanol–water partition coefficient (Wildman–Crippen LogP) is 4.21. The van der Waals surface area contributed by atoms with Gasteiger partial charge in [0, 0.05) is 16.7 Å². The highest BCUT2D eigenvalue weighted by Gasteiger charge is 2.02. The summed E-state index contributed by atoms with van der Waals surface area (Å²) >= 11 is 1.64. The average Bonchev–Trinajstić information content (AvgIpc) is 2.54. The molecule has 3 nitrogen and oxygen atoms in total. The second-order valence-electron chi connectivity index (χ2n) is 4.45. The maximum absolute atomic E-state index is 13.5. The molecule has 0 heterocycles. The number of carbonyl (C=O) groups is 1. The number of ether oxygens (including phenoxy) is 1. The van der Waals surface area contributed by atoms with Crippen molar-refractivity contribution >= 4 is 29.4 Å². The van der Waals surface area contributed by atoms with E-state index < -0.39 is 5.82 Å². The zero-order valence-electron chi connectivity index (χ0n) is 12.3. The third-order valence-corrected chi connectivity index (χ3v) is 3.70. The molecule has 2 rings (SSSR count). The number of benzene rings is 2. The van der Waals surface area contributed by atoms with Crippen molar-refractivity contribution in [1.82, 2.24) is 0 Å². The molecule has 0 saturated heterocycles. The second-order valence-corrected chi connectivity index (χ2v) is 5.32. The Kier molecular flexibility index (Phi) is 5.61. The van der Waals surface area contributed by atoms with E-state index in [4.69, 9.17) is 4.74 Å². The summed E-state index contributed by atoms with van der Waals surface area (Å²) in [6, 6.07) is 12.1. The summed E-state index contributed by atoms with van der Waals surface area (Å²) in [4.78, 5) is 13.0. The van der Waals surface area contributed by atoms with Gasteiger partial charge in [-0.2, -0.15) is 0 Å². The molecule has 0 aliphatic rings. The Bertz CT molecular complexity index is 684. The maximum Gasteiger partial charge on any atom is 0.248 e. The molecule has 22 heavy (non-hydrogen) atoms. The first kappa shape index (κ1) is 16.1. The summed E-state index contributed by atoms with van der Waals surface area (Å²) in [6.45, 7) is 0. The highest BCUT2D eigenvalue weighted by Crippen LogP contribution is 2.19. The van der Waals surface area contributed by atoms with E-state index >= 15 is 0 Å². The van der Waals surface area contributed by atoms with Crippen LogP contribution in [0, 0.1) is 5.82 Å². The van der Waals surface area contributed by atoms with Crippen molar-refractivity contribution < 1.29 is 13.9 Å². The Morgan fingerprint density at radius 3 is 2.55 bits per heavy atom. The summed E-state index contributed by atoms with van der Waals surface area (Å²) in [5, 5.41) is 2.75. The normalized spacial score (nSPS) is 10.7. The molecule has 0 saturated carbocycles. The van der Waals surface area contributed by atoms with Gasteiger partial charge in [-0.1, -0.05) is 6.07 Å². The molecule has 2 aromatic carbocycles. The van der Waals surface area contributed by atoms with Gasteiger partial charge in [0.1, 0.15) is 0 Å². The lowest BCUT2D eigenvalue weighted by Crippen LogP contribution is -2.07. The maximum atomic E-state index is 13.5. The Morgan fingerprint density at radius 1 is 1.23 bits per heavy atom. The summed E-state index contributed by atoms with van der Waals surface area (Å²) in [6.07, 6.45) is 4.90. The number of nitrogens with one attached hydrogen (secondary N) is 1. The summed E-state index contributed by atoms with van der Waals surface area (Å²) in [5.41, 5.74) is 1.31. The van der Waals surface area contributed by atoms with Gasteiger partial charge in [-0.25, -0.2) is 4.39 Å². The summed E-state index contributed by atoms with van der Waals surface area (Å²) in [7, 11) is 1.41. The minimum Gasteiger partial charge on any atom is -0.494 e. The van der Waals surface area contributed by atoms with Gasteiger partial charge < -0.3 is 10.1 Å². The number of rotatable bonds is 5. The van der Waals surface area contributed by atoms with E-state index in [2.05, 4.69) is 5.32 Å². The molecule has 1 N–H and O–H groups in total. The lowest BCUT2D eigenvalue weighted by Gasteiger charge is -2.03. The lowest BCUT2D eigenvalue weighted by atomic mass is 10.2. The SMILES string of the molecule is COc1ccc(C=CC(=O)Nc2ccc(SC)cc2)cc1F. The minimum atomic E-state index is -0.460. The third kappa shape index (κ3) is 4.36. The molecule has 0 aromatic heterocycles. The molecular weight excluding hydrogens is 301 g/mol. The highest BCUT2D eigenvalue weighted by atomic mass is 32.2. The van der Waals surface area contributed by atoms with Crippen molar-refractivity contribution in [2.45, 2.75) is 4.90 Å². The monoisotopic (exact) mass is 317 g/mol. The van der Waals surface area contributed by atoms with Crippen LogP contribution >= 0.6 is 11.8 Å². The van der Waals surface area contributed by atoms with Crippen LogP contribution in [0.1, 0.15) is 5.56 Å². The van der Waals surface area contributed by atoms with Gasteiger partial charge >= 0.3 is 0 Å². The first-order valence-corrected chi connectivity index (χ1v) is 7.81. The highest BCUT2D eigenvalue weighted by molar-refractivity contribution is 7.98. The standard InChI is InChI=1S/C17H16FNO2S/c1-21-16-9-3-12(11-15(16)18)4-10-17(20)19-13-5-7-14(22-2)8-6-13/h3-11H,1-2H3,(H,19,20). The predicted molar refractivity (Wildman–Crippen MR) is 88.8 cm³/mol. The topological polar surface area (TPSA) is 38.3 Å². The van der Waals surface area contributed by atoms with Crippen LogP contribution in [0.3, 0.4) is 0 Å². The van der Waals surface area contributed by atoms with Gasteiger partial charge in [0.25, 0.3) is 0 Å². The fourth-order valence-electron chi connectivity index (χ4n) is 1.82. The van der Waals surface area contributed by atoms with Crippen LogP contribution in [0.25, 0.3) is 6.08 Å². The van der Waals surface area contributed by atoms with Crippen LogP contribution in [0.15, 0.2) is 53.4 Å². The van der Waals surface area contributed by atoms with Gasteiger partial charge in [0.05, 0.1) is 7.11 Å². The van der Waals surface area contributed by atoms with Crippen molar-refractivity contribution in [2.75, 3.05) is 18.7 Å². The largest absolute Gasteiger partial charge is 0.494 e. The molecule has 5 heteroatoms. The Labute approximate surface area is 133 Å². The molecule has 2 aromatic rings. The molecule has 0 radical (unpaired) electrons. The van der Waals surface area contributed by atoms with E-state index in [1.165, 1.54) is 25.3 Å². The number of halogens is 1. The van der Waals surface area contributed by atoms with Gasteiger partial charge in [-0.15, -0.1) is 11.8 Å². The first-order chi connectivity index (χ1) is 10.6. The lowest BCUT2D eigenvalue weighted by molar-refractivity contribution is -0.111. The zero-order valence-corrected chi connectivity index (χ0v) is 13.1. The van der Waals surface area contributed by atoms with Crippen molar-refractivity contribution in [3.8, 4) is 5.75 Å². The molecular formula is C17H16FNO2S. The number of methoxy groups -OCH3 is 1. The van der Waals surface area contributed by atoms with Gasteiger partial charge in [0.15, 0.2) is 11.6 Å². The second kappa shape index (κ2) is 7.66. The quantitative estimate of drug-likeness (QED) is 0.663. The Morgan fingerprint density at radius 2 is 1.95 bits per heavy atom. The summed E-state index contributed by atoms with van der Waals surface area (Å²) < 4.78 is 18.4. The van der Waals surface area contributed by atoms with Crippen molar-refractivity contribution in [3.63, 3.8) is 0 Å². The molecule has 0 aliphatic carbocycles. The Hall–Kier alpha value is -2.27. The molecule has 0 bridgehead atoms. The van der Waals surface area contributed by atoms with E-state index in [0.717, 1.165) is 4.90 Å². The fraction of sp³-hybridized carbons (Fsp3) is 0.118. The Balaban J connectivity index is 1.99. The molecule has 0 atom stereocenters. The van der Waals surface area contributed by atoms with E-state index in [1.54, 1.807) is 23.9 Å². The average molecular weight is 317 g/mol. The number of amides is 1. The molecule has 0 fully saturated rings. The first-order valence-electron chi connectivity index (χ1n) is 6.59. The van der Waals surface area contributed by atoms with E-state index in [0.29, 0.717) is 11.3 Å². The van der Waals surface area contributed by atoms with Gasteiger partial charge in [0.2, 0.25) is 5.91 Å². The van der Waals surface area contributed by atoms with Gasteiger partial charge in [-0.05, 0) is 54.3 Å². The zero-order chi connectivity index (χ0) is 15.9. The van der Waals surface area contributed by atoms with Crippen LogP contribution in [0.4, 0.5) is 10.1 Å². The number of anilines is 1. The molecule has 114 valence electrons. The number of carbonyl (C=O) groups excluding carboxylic acids is 1. The van der Waals surface area contributed by atoms with E-state index in [1.807, 2.05) is 30.5 Å². The van der Waals surface area contributed by atoms with Crippen LogP contribution in [-0.4, -0.2) is 19.3 Å². The number of hydrogen-bond donors (Lipinski definition) is 1. The number of thioether (sulfide) groups is 1.